The van der Waals surface area contributed by atoms with Crippen LogP contribution in [0.4, 0.5) is 0 Å². The molecule has 0 rings (SSSR count). The zero-order chi connectivity index (χ0) is 14.3. The molecule has 0 aromatic carbocycles. The number of unbranched alkanes of at least 4 members (excludes halogenated alkanes) is 3. The standard InChI is InChI=1S/C13H20N2O4/c1-2-13(18)19-10-6-4-3-5-8-15-12(17)7-9-14-11-16/h2,7,9,11H,1,3-6,8,10H2,(H,14,16)(H,15,17)/b9-7-. The van der Waals surface area contributed by atoms with Gasteiger partial charge in [0.2, 0.25) is 12.3 Å². The number of esters is 1. The molecule has 0 unspecified atom stereocenters. The number of amides is 2. The highest BCUT2D eigenvalue weighted by Crippen LogP contribution is 1.99. The van der Waals surface area contributed by atoms with Crippen LogP contribution < -0.4 is 10.6 Å². The Kier molecular flexibility index (Phi) is 11.0. The molecule has 6 heteroatoms. The third-order valence-corrected chi connectivity index (χ3v) is 2.18. The molecule has 6 nitrogen and oxygen atoms in total. The monoisotopic (exact) mass is 268 g/mol. The molecule has 0 saturated carbocycles. The van der Waals surface area contributed by atoms with Crippen molar-refractivity contribution in [2.24, 2.45) is 0 Å². The Hall–Kier alpha value is -2.11. The molecule has 0 aliphatic rings. The minimum absolute atomic E-state index is 0.241. The van der Waals surface area contributed by atoms with E-state index < -0.39 is 5.97 Å². The Morgan fingerprint density at radius 3 is 2.58 bits per heavy atom. The number of nitrogens with one attached hydrogen (secondary N) is 2. The maximum absolute atomic E-state index is 11.1. The van der Waals surface area contributed by atoms with E-state index in [4.69, 9.17) is 4.74 Å². The van der Waals surface area contributed by atoms with Crippen LogP contribution in [0.3, 0.4) is 0 Å². The van der Waals surface area contributed by atoms with Crippen molar-refractivity contribution >= 4 is 18.3 Å². The van der Waals surface area contributed by atoms with Gasteiger partial charge in [0.05, 0.1) is 6.61 Å². The summed E-state index contributed by atoms with van der Waals surface area (Å²) in [6.45, 7) is 4.28. The van der Waals surface area contributed by atoms with Crippen molar-refractivity contribution in [3.05, 3.63) is 24.9 Å². The van der Waals surface area contributed by atoms with E-state index in [0.717, 1.165) is 31.8 Å². The predicted molar refractivity (Wildman–Crippen MR) is 71.0 cm³/mol. The second-order valence-corrected chi connectivity index (χ2v) is 3.69. The largest absolute Gasteiger partial charge is 0.463 e. The summed E-state index contributed by atoms with van der Waals surface area (Å²) in [6.07, 6.45) is 7.70. The highest BCUT2D eigenvalue weighted by molar-refractivity contribution is 5.87. The van der Waals surface area contributed by atoms with Crippen molar-refractivity contribution < 1.29 is 19.1 Å². The van der Waals surface area contributed by atoms with Gasteiger partial charge in [0.1, 0.15) is 0 Å². The molecule has 2 N–H and O–H groups in total. The van der Waals surface area contributed by atoms with Crippen LogP contribution in [0.1, 0.15) is 25.7 Å². The Morgan fingerprint density at radius 1 is 1.16 bits per heavy atom. The number of carbonyl (C=O) groups excluding carboxylic acids is 3. The first-order chi connectivity index (χ1) is 9.20. The van der Waals surface area contributed by atoms with E-state index in [1.54, 1.807) is 0 Å². The lowest BCUT2D eigenvalue weighted by molar-refractivity contribution is -0.137. The van der Waals surface area contributed by atoms with E-state index in [2.05, 4.69) is 17.2 Å². The first-order valence-corrected chi connectivity index (χ1v) is 6.14. The average molecular weight is 268 g/mol. The average Bonchev–Trinajstić information content (AvgIpc) is 2.41. The van der Waals surface area contributed by atoms with E-state index in [1.807, 2.05) is 0 Å². The van der Waals surface area contributed by atoms with Gasteiger partial charge < -0.3 is 15.4 Å². The van der Waals surface area contributed by atoms with Crippen molar-refractivity contribution in [3.8, 4) is 0 Å². The summed E-state index contributed by atoms with van der Waals surface area (Å²) in [5, 5.41) is 4.93. The first kappa shape index (κ1) is 16.9. The quantitative estimate of drug-likeness (QED) is 0.249. The van der Waals surface area contributed by atoms with Gasteiger partial charge in [-0.3, -0.25) is 9.59 Å². The topological polar surface area (TPSA) is 84.5 Å². The molecule has 0 atom stereocenters. The molecule has 0 saturated heterocycles. The Balaban J connectivity index is 3.31. The van der Waals surface area contributed by atoms with Crippen LogP contribution in [0.5, 0.6) is 0 Å². The summed E-state index contributed by atoms with van der Waals surface area (Å²) < 4.78 is 4.82. The Labute approximate surface area is 112 Å². The predicted octanol–water partition coefficient (Wildman–Crippen LogP) is 0.652. The van der Waals surface area contributed by atoms with Crippen molar-refractivity contribution in [3.63, 3.8) is 0 Å². The van der Waals surface area contributed by atoms with Crippen LogP contribution in [0.25, 0.3) is 0 Å². The molecular formula is C13H20N2O4. The zero-order valence-corrected chi connectivity index (χ0v) is 10.9. The summed E-state index contributed by atoms with van der Waals surface area (Å²) in [7, 11) is 0. The lowest BCUT2D eigenvalue weighted by Gasteiger charge is -2.03. The van der Waals surface area contributed by atoms with Gasteiger partial charge in [0.25, 0.3) is 0 Å². The van der Waals surface area contributed by atoms with Gasteiger partial charge in [-0.05, 0) is 19.3 Å². The van der Waals surface area contributed by atoms with Crippen LogP contribution in [0.15, 0.2) is 24.9 Å². The summed E-state index contributed by atoms with van der Waals surface area (Å²) >= 11 is 0. The van der Waals surface area contributed by atoms with E-state index in [9.17, 15) is 14.4 Å². The van der Waals surface area contributed by atoms with Gasteiger partial charge in [0, 0.05) is 24.9 Å². The smallest absolute Gasteiger partial charge is 0.330 e. The van der Waals surface area contributed by atoms with E-state index in [0.29, 0.717) is 19.6 Å². The molecule has 0 heterocycles. The maximum atomic E-state index is 11.1. The lowest BCUT2D eigenvalue weighted by Crippen LogP contribution is -2.22. The third kappa shape index (κ3) is 12.1. The van der Waals surface area contributed by atoms with E-state index >= 15 is 0 Å². The van der Waals surface area contributed by atoms with Gasteiger partial charge in [-0.2, -0.15) is 0 Å². The molecule has 19 heavy (non-hydrogen) atoms. The minimum Gasteiger partial charge on any atom is -0.463 e. The SMILES string of the molecule is C=CC(=O)OCCCCCCNC(=O)/C=C\NC=O. The summed E-state index contributed by atoms with van der Waals surface area (Å²) in [6, 6.07) is 0. The summed E-state index contributed by atoms with van der Waals surface area (Å²) in [5.41, 5.74) is 0. The molecule has 0 fully saturated rings. The number of hydrogen-bond acceptors (Lipinski definition) is 4. The summed E-state index contributed by atoms with van der Waals surface area (Å²) in [4.78, 5) is 31.8. The van der Waals surface area contributed by atoms with Crippen LogP contribution in [0, 0.1) is 0 Å². The minimum atomic E-state index is -0.400. The molecule has 0 aliphatic carbocycles. The maximum Gasteiger partial charge on any atom is 0.330 e. The molecule has 0 radical (unpaired) electrons. The molecule has 0 aromatic heterocycles. The fraction of sp³-hybridized carbons (Fsp3) is 0.462. The highest BCUT2D eigenvalue weighted by atomic mass is 16.5. The molecule has 0 aromatic rings. The van der Waals surface area contributed by atoms with Gasteiger partial charge in [-0.25, -0.2) is 4.79 Å². The van der Waals surface area contributed by atoms with Gasteiger partial charge in [0.15, 0.2) is 0 Å². The zero-order valence-electron chi connectivity index (χ0n) is 10.9. The first-order valence-electron chi connectivity index (χ1n) is 6.14. The normalized spacial score (nSPS) is 9.89. The van der Waals surface area contributed by atoms with Crippen molar-refractivity contribution in [1.29, 1.82) is 0 Å². The molecule has 106 valence electrons. The van der Waals surface area contributed by atoms with Crippen molar-refractivity contribution in [2.45, 2.75) is 25.7 Å². The van der Waals surface area contributed by atoms with Crippen LogP contribution in [-0.2, 0) is 19.1 Å². The molecule has 2 amide bonds. The van der Waals surface area contributed by atoms with Gasteiger partial charge in [-0.15, -0.1) is 0 Å². The number of ether oxygens (including phenoxy) is 1. The fourth-order valence-electron chi connectivity index (χ4n) is 1.25. The number of rotatable bonds is 11. The Bertz CT molecular complexity index is 327. The van der Waals surface area contributed by atoms with Crippen LogP contribution in [-0.4, -0.2) is 31.4 Å². The van der Waals surface area contributed by atoms with E-state index in [1.165, 1.54) is 12.3 Å². The second-order valence-electron chi connectivity index (χ2n) is 3.69. The molecule has 0 bridgehead atoms. The Morgan fingerprint density at radius 2 is 1.89 bits per heavy atom. The summed E-state index contributed by atoms with van der Waals surface area (Å²) in [5.74, 6) is -0.641. The van der Waals surface area contributed by atoms with Gasteiger partial charge >= 0.3 is 5.97 Å². The number of hydrogen-bond donors (Lipinski definition) is 2. The second kappa shape index (κ2) is 12.3. The fourth-order valence-corrected chi connectivity index (χ4v) is 1.25. The van der Waals surface area contributed by atoms with Crippen molar-refractivity contribution in [2.75, 3.05) is 13.2 Å². The molecular weight excluding hydrogens is 248 g/mol. The van der Waals surface area contributed by atoms with E-state index in [-0.39, 0.29) is 5.91 Å². The number of carbonyl (C=O) groups is 3. The molecule has 0 aliphatic heterocycles. The van der Waals surface area contributed by atoms with Crippen molar-refractivity contribution in [1.82, 2.24) is 10.6 Å². The van der Waals surface area contributed by atoms with Crippen LogP contribution in [0.2, 0.25) is 0 Å². The lowest BCUT2D eigenvalue weighted by atomic mass is 10.2. The molecule has 0 spiro atoms. The third-order valence-electron chi connectivity index (χ3n) is 2.18. The highest BCUT2D eigenvalue weighted by Gasteiger charge is 1.96. The van der Waals surface area contributed by atoms with Crippen LogP contribution >= 0.6 is 0 Å². The van der Waals surface area contributed by atoms with Gasteiger partial charge in [-0.1, -0.05) is 13.0 Å².